The molecule has 2 rings (SSSR count). The van der Waals surface area contributed by atoms with E-state index in [1.54, 1.807) is 0 Å². The van der Waals surface area contributed by atoms with Gasteiger partial charge in [0.15, 0.2) is 0 Å². The van der Waals surface area contributed by atoms with Gasteiger partial charge in [0.1, 0.15) is 5.75 Å². The molecule has 4 heteroatoms. The van der Waals surface area contributed by atoms with Crippen LogP contribution in [0.25, 0.3) is 0 Å². The van der Waals surface area contributed by atoms with Crippen molar-refractivity contribution in [3.05, 3.63) is 28.2 Å². The molecule has 1 aliphatic heterocycles. The summed E-state index contributed by atoms with van der Waals surface area (Å²) in [5, 5.41) is 0. The zero-order valence-corrected chi connectivity index (χ0v) is 12.3. The van der Waals surface area contributed by atoms with Crippen LogP contribution in [0.3, 0.4) is 0 Å². The normalized spacial score (nSPS) is 18.6. The van der Waals surface area contributed by atoms with Gasteiger partial charge in [0, 0.05) is 23.7 Å². The summed E-state index contributed by atoms with van der Waals surface area (Å²) in [7, 11) is 0. The van der Waals surface area contributed by atoms with Crippen molar-refractivity contribution in [2.24, 2.45) is 11.7 Å². The van der Waals surface area contributed by atoms with Crippen LogP contribution in [0.2, 0.25) is 0 Å². The number of ether oxygens (including phenoxy) is 2. The maximum absolute atomic E-state index is 5.87. The Kier molecular flexibility index (Phi) is 5.03. The van der Waals surface area contributed by atoms with Gasteiger partial charge >= 0.3 is 0 Å². The third-order valence-corrected chi connectivity index (χ3v) is 3.98. The Morgan fingerprint density at radius 1 is 1.44 bits per heavy atom. The minimum atomic E-state index is 0.0314. The first-order chi connectivity index (χ1) is 8.66. The minimum Gasteiger partial charge on any atom is -0.493 e. The summed E-state index contributed by atoms with van der Waals surface area (Å²) in [6.07, 6.45) is 2.19. The monoisotopic (exact) mass is 313 g/mol. The van der Waals surface area contributed by atoms with Gasteiger partial charge in [0.05, 0.1) is 6.61 Å². The summed E-state index contributed by atoms with van der Waals surface area (Å²) in [6.45, 7) is 4.47. The van der Waals surface area contributed by atoms with Crippen LogP contribution < -0.4 is 10.5 Å². The van der Waals surface area contributed by atoms with Crippen LogP contribution in [0, 0.1) is 5.92 Å². The van der Waals surface area contributed by atoms with Gasteiger partial charge < -0.3 is 15.2 Å². The van der Waals surface area contributed by atoms with Gasteiger partial charge in [-0.3, -0.25) is 0 Å². The molecule has 0 radical (unpaired) electrons. The third kappa shape index (κ3) is 3.70. The molecule has 2 N–H and O–H groups in total. The van der Waals surface area contributed by atoms with Crippen LogP contribution in [-0.2, 0) is 4.74 Å². The van der Waals surface area contributed by atoms with E-state index in [0.717, 1.165) is 48.4 Å². The first-order valence-corrected chi connectivity index (χ1v) is 7.21. The molecule has 100 valence electrons. The standard InChI is InChI=1S/C14H20BrNO2/c1-10(16)13-3-2-12(8-14(13)15)18-9-11-4-6-17-7-5-11/h2-3,8,10-11H,4-7,9,16H2,1H3. The quantitative estimate of drug-likeness (QED) is 0.927. The zero-order valence-electron chi connectivity index (χ0n) is 10.7. The average molecular weight is 314 g/mol. The highest BCUT2D eigenvalue weighted by molar-refractivity contribution is 9.10. The molecule has 1 atom stereocenters. The van der Waals surface area contributed by atoms with Crippen LogP contribution in [-0.4, -0.2) is 19.8 Å². The number of benzene rings is 1. The summed E-state index contributed by atoms with van der Waals surface area (Å²) in [5.41, 5.74) is 6.98. The second-order valence-corrected chi connectivity index (χ2v) is 5.69. The van der Waals surface area contributed by atoms with Gasteiger partial charge in [-0.1, -0.05) is 22.0 Å². The molecule has 0 amide bonds. The van der Waals surface area contributed by atoms with E-state index in [1.807, 2.05) is 25.1 Å². The van der Waals surface area contributed by atoms with Crippen molar-refractivity contribution in [3.63, 3.8) is 0 Å². The van der Waals surface area contributed by atoms with Crippen LogP contribution in [0.1, 0.15) is 31.4 Å². The smallest absolute Gasteiger partial charge is 0.120 e. The number of halogens is 1. The summed E-state index contributed by atoms with van der Waals surface area (Å²) < 4.78 is 12.2. The van der Waals surface area contributed by atoms with Crippen molar-refractivity contribution in [3.8, 4) is 5.75 Å². The Morgan fingerprint density at radius 2 is 2.17 bits per heavy atom. The Hall–Kier alpha value is -0.580. The molecule has 0 aromatic heterocycles. The largest absolute Gasteiger partial charge is 0.493 e. The van der Waals surface area contributed by atoms with E-state index < -0.39 is 0 Å². The molecule has 1 aromatic carbocycles. The number of nitrogens with two attached hydrogens (primary N) is 1. The Bertz CT molecular complexity index is 389. The molecule has 1 aromatic rings. The molecule has 0 saturated carbocycles. The van der Waals surface area contributed by atoms with Crippen LogP contribution in [0.15, 0.2) is 22.7 Å². The molecule has 18 heavy (non-hydrogen) atoms. The highest BCUT2D eigenvalue weighted by atomic mass is 79.9. The second-order valence-electron chi connectivity index (χ2n) is 4.84. The molecule has 1 unspecified atom stereocenters. The topological polar surface area (TPSA) is 44.5 Å². The number of hydrogen-bond donors (Lipinski definition) is 1. The molecular weight excluding hydrogens is 294 g/mol. The molecule has 1 heterocycles. The van der Waals surface area contributed by atoms with E-state index in [4.69, 9.17) is 15.2 Å². The van der Waals surface area contributed by atoms with Crippen molar-refractivity contribution in [1.82, 2.24) is 0 Å². The first kappa shape index (κ1) is 13.8. The molecule has 1 fully saturated rings. The fourth-order valence-electron chi connectivity index (χ4n) is 2.09. The molecular formula is C14H20BrNO2. The lowest BCUT2D eigenvalue weighted by Crippen LogP contribution is -2.21. The molecule has 1 saturated heterocycles. The van der Waals surface area contributed by atoms with E-state index in [1.165, 1.54) is 0 Å². The van der Waals surface area contributed by atoms with E-state index in [-0.39, 0.29) is 6.04 Å². The molecule has 3 nitrogen and oxygen atoms in total. The van der Waals surface area contributed by atoms with E-state index in [2.05, 4.69) is 15.9 Å². The van der Waals surface area contributed by atoms with Gasteiger partial charge in [-0.2, -0.15) is 0 Å². The van der Waals surface area contributed by atoms with Crippen LogP contribution in [0.5, 0.6) is 5.75 Å². The summed E-state index contributed by atoms with van der Waals surface area (Å²) in [5.74, 6) is 1.52. The average Bonchev–Trinajstić information content (AvgIpc) is 2.37. The fourth-order valence-corrected chi connectivity index (χ4v) is 2.81. The summed E-state index contributed by atoms with van der Waals surface area (Å²) in [6, 6.07) is 6.04. The molecule has 0 bridgehead atoms. The highest BCUT2D eigenvalue weighted by Crippen LogP contribution is 2.27. The third-order valence-electron chi connectivity index (χ3n) is 3.29. The van der Waals surface area contributed by atoms with Gasteiger partial charge in [-0.05, 0) is 43.4 Å². The van der Waals surface area contributed by atoms with Gasteiger partial charge in [-0.25, -0.2) is 0 Å². The van der Waals surface area contributed by atoms with Gasteiger partial charge in [-0.15, -0.1) is 0 Å². The lowest BCUT2D eigenvalue weighted by Gasteiger charge is -2.22. The van der Waals surface area contributed by atoms with E-state index in [9.17, 15) is 0 Å². The Morgan fingerprint density at radius 3 is 2.78 bits per heavy atom. The van der Waals surface area contributed by atoms with E-state index in [0.29, 0.717) is 5.92 Å². The summed E-state index contributed by atoms with van der Waals surface area (Å²) >= 11 is 3.53. The van der Waals surface area contributed by atoms with Crippen molar-refractivity contribution >= 4 is 15.9 Å². The Balaban J connectivity index is 1.91. The highest BCUT2D eigenvalue weighted by Gasteiger charge is 2.14. The fraction of sp³-hybridized carbons (Fsp3) is 0.571. The van der Waals surface area contributed by atoms with Crippen LogP contribution in [0.4, 0.5) is 0 Å². The second kappa shape index (κ2) is 6.55. The van der Waals surface area contributed by atoms with Gasteiger partial charge in [0.25, 0.3) is 0 Å². The molecule has 1 aliphatic rings. The molecule has 0 spiro atoms. The summed E-state index contributed by atoms with van der Waals surface area (Å²) in [4.78, 5) is 0. The van der Waals surface area contributed by atoms with Gasteiger partial charge in [0.2, 0.25) is 0 Å². The maximum Gasteiger partial charge on any atom is 0.120 e. The van der Waals surface area contributed by atoms with Crippen molar-refractivity contribution in [2.45, 2.75) is 25.8 Å². The van der Waals surface area contributed by atoms with Crippen molar-refractivity contribution in [1.29, 1.82) is 0 Å². The predicted octanol–water partition coefficient (Wildman–Crippen LogP) is 3.27. The number of rotatable bonds is 4. The number of hydrogen-bond acceptors (Lipinski definition) is 3. The maximum atomic E-state index is 5.87. The van der Waals surface area contributed by atoms with Crippen LogP contribution >= 0.6 is 15.9 Å². The van der Waals surface area contributed by atoms with Crippen molar-refractivity contribution in [2.75, 3.05) is 19.8 Å². The predicted molar refractivity (Wildman–Crippen MR) is 75.8 cm³/mol. The first-order valence-electron chi connectivity index (χ1n) is 6.42. The van der Waals surface area contributed by atoms with Crippen molar-refractivity contribution < 1.29 is 9.47 Å². The lowest BCUT2D eigenvalue weighted by molar-refractivity contribution is 0.0497. The van der Waals surface area contributed by atoms with E-state index >= 15 is 0 Å². The Labute approximate surface area is 117 Å². The molecule has 0 aliphatic carbocycles. The zero-order chi connectivity index (χ0) is 13.0. The SMILES string of the molecule is CC(N)c1ccc(OCC2CCOCC2)cc1Br. The lowest BCUT2D eigenvalue weighted by atomic mass is 10.0. The minimum absolute atomic E-state index is 0.0314.